The summed E-state index contributed by atoms with van der Waals surface area (Å²) in [5.74, 6) is -0.553. The van der Waals surface area contributed by atoms with Crippen molar-refractivity contribution in [3.63, 3.8) is 0 Å². The van der Waals surface area contributed by atoms with Crippen LogP contribution in [0.2, 0.25) is 0 Å². The van der Waals surface area contributed by atoms with Crippen molar-refractivity contribution in [2.75, 3.05) is 0 Å². The Balaban J connectivity index is 2.03. The van der Waals surface area contributed by atoms with Crippen LogP contribution in [0.1, 0.15) is 17.8 Å². The Kier molecular flexibility index (Phi) is 3.49. The van der Waals surface area contributed by atoms with E-state index < -0.39 is 12.4 Å². The number of hydrogen-bond donors (Lipinski definition) is 0. The van der Waals surface area contributed by atoms with Crippen molar-refractivity contribution in [2.45, 2.75) is 20.4 Å². The fourth-order valence-electron chi connectivity index (χ4n) is 3.07. The largest absolute Gasteiger partial charge is 0.320 e. The number of fused-ring (bicyclic) bond motifs is 3. The molecule has 3 nitrogen and oxygen atoms in total. The normalized spacial score (nSPS) is 11.8. The van der Waals surface area contributed by atoms with Crippen LogP contribution in [0.3, 0.4) is 0 Å². The zero-order chi connectivity index (χ0) is 17.7. The molecule has 3 aromatic heterocycles. The number of nitrogens with zero attached hydrogens (tertiary/aromatic N) is 3. The number of hydrogen-bond acceptors (Lipinski definition) is 2. The van der Waals surface area contributed by atoms with E-state index >= 15 is 0 Å². The molecule has 0 aliphatic rings. The van der Waals surface area contributed by atoms with Gasteiger partial charge in [-0.3, -0.25) is 9.55 Å². The van der Waals surface area contributed by atoms with Crippen LogP contribution in [0.5, 0.6) is 0 Å². The van der Waals surface area contributed by atoms with Crippen LogP contribution in [-0.2, 0) is 0 Å². The van der Waals surface area contributed by atoms with Gasteiger partial charge in [-0.2, -0.15) is 8.78 Å². The van der Waals surface area contributed by atoms with Gasteiger partial charge in [0.25, 0.3) is 0 Å². The maximum absolute atomic E-state index is 13.6. The minimum absolute atomic E-state index is 0.0711. The summed E-state index contributed by atoms with van der Waals surface area (Å²) in [4.78, 5) is 8.19. The molecule has 0 spiro atoms. The van der Waals surface area contributed by atoms with E-state index in [9.17, 15) is 13.2 Å². The van der Waals surface area contributed by atoms with Gasteiger partial charge in [-0.15, -0.1) is 0 Å². The van der Waals surface area contributed by atoms with Crippen molar-refractivity contribution in [3.8, 4) is 11.1 Å². The molecule has 3 heterocycles. The minimum atomic E-state index is -2.77. The number of aryl methyl sites for hydroxylation is 2. The fourth-order valence-corrected chi connectivity index (χ4v) is 3.07. The third-order valence-electron chi connectivity index (χ3n) is 4.48. The number of halogens is 3. The first-order valence-corrected chi connectivity index (χ1v) is 7.76. The number of pyridine rings is 2. The molecule has 0 saturated carbocycles. The predicted octanol–water partition coefficient (Wildman–Crippen LogP) is 5.40. The van der Waals surface area contributed by atoms with Crippen molar-refractivity contribution in [2.24, 2.45) is 0 Å². The second-order valence-corrected chi connectivity index (χ2v) is 6.03. The van der Waals surface area contributed by atoms with Gasteiger partial charge in [0.15, 0.2) is 0 Å². The van der Waals surface area contributed by atoms with Gasteiger partial charge in [0.05, 0.1) is 11.7 Å². The summed E-state index contributed by atoms with van der Waals surface area (Å²) in [6, 6.07) is 8.43. The molecule has 1 aromatic carbocycles. The molecule has 0 fully saturated rings. The Morgan fingerprint density at radius 1 is 0.920 bits per heavy atom. The molecule has 0 unspecified atom stereocenters. The van der Waals surface area contributed by atoms with E-state index in [1.54, 1.807) is 18.3 Å². The van der Waals surface area contributed by atoms with Gasteiger partial charge in [-0.05, 0) is 43.2 Å². The van der Waals surface area contributed by atoms with Crippen molar-refractivity contribution in [3.05, 3.63) is 59.8 Å². The summed E-state index contributed by atoms with van der Waals surface area (Å²) < 4.78 is 41.6. The lowest BCUT2D eigenvalue weighted by Crippen LogP contribution is -1.99. The van der Waals surface area contributed by atoms with Crippen molar-refractivity contribution in [1.82, 2.24) is 14.5 Å². The monoisotopic (exact) mass is 341 g/mol. The van der Waals surface area contributed by atoms with Gasteiger partial charge in [0.2, 0.25) is 0 Å². The summed E-state index contributed by atoms with van der Waals surface area (Å²) in [5.41, 5.74) is 3.95. The number of rotatable bonds is 2. The van der Waals surface area contributed by atoms with Crippen LogP contribution in [0, 0.1) is 19.7 Å². The van der Waals surface area contributed by atoms with E-state index in [1.807, 2.05) is 26.0 Å². The summed E-state index contributed by atoms with van der Waals surface area (Å²) in [5, 5.41) is 0.919. The summed E-state index contributed by atoms with van der Waals surface area (Å²) in [6.45, 7) is 1.09. The first-order chi connectivity index (χ1) is 12.0. The molecular weight excluding hydrogens is 327 g/mol. The van der Waals surface area contributed by atoms with Crippen molar-refractivity contribution < 1.29 is 13.2 Å². The standard InChI is InChI=1S/C19H14F3N3/c1-10-5-13(8-23-11(10)2)12-3-4-15-16-7-14(20)9-24-18(16)25(19(21)22)17(15)6-12/h3-9,19H,1-2H3. The predicted molar refractivity (Wildman–Crippen MR) is 91.2 cm³/mol. The van der Waals surface area contributed by atoms with E-state index in [-0.39, 0.29) is 5.65 Å². The lowest BCUT2D eigenvalue weighted by molar-refractivity contribution is 0.0791. The lowest BCUT2D eigenvalue weighted by atomic mass is 10.0. The fraction of sp³-hybridized carbons (Fsp3) is 0.158. The molecule has 0 aliphatic heterocycles. The molecule has 0 aliphatic carbocycles. The summed E-state index contributed by atoms with van der Waals surface area (Å²) >= 11 is 0. The molecule has 4 rings (SSSR count). The molecule has 0 amide bonds. The number of alkyl halides is 2. The minimum Gasteiger partial charge on any atom is -0.268 e. The quantitative estimate of drug-likeness (QED) is 0.488. The molecular formula is C19H14F3N3. The molecule has 0 radical (unpaired) electrons. The first-order valence-electron chi connectivity index (χ1n) is 7.76. The lowest BCUT2D eigenvalue weighted by Gasteiger charge is -2.08. The molecule has 0 bridgehead atoms. The third-order valence-corrected chi connectivity index (χ3v) is 4.48. The van der Waals surface area contributed by atoms with Crippen LogP contribution >= 0.6 is 0 Å². The van der Waals surface area contributed by atoms with Gasteiger partial charge in [-0.25, -0.2) is 9.37 Å². The highest BCUT2D eigenvalue weighted by atomic mass is 19.3. The van der Waals surface area contributed by atoms with Gasteiger partial charge >= 0.3 is 6.55 Å². The summed E-state index contributed by atoms with van der Waals surface area (Å²) in [7, 11) is 0. The first kappa shape index (κ1) is 15.6. The van der Waals surface area contributed by atoms with Gasteiger partial charge in [-0.1, -0.05) is 12.1 Å². The Bertz CT molecular complexity index is 1120. The van der Waals surface area contributed by atoms with Gasteiger partial charge in [0, 0.05) is 28.2 Å². The molecule has 6 heteroatoms. The highest BCUT2D eigenvalue weighted by molar-refractivity contribution is 6.07. The van der Waals surface area contributed by atoms with Crippen LogP contribution in [-0.4, -0.2) is 14.5 Å². The zero-order valence-electron chi connectivity index (χ0n) is 13.6. The Hall–Kier alpha value is -2.89. The molecule has 126 valence electrons. The summed E-state index contributed by atoms with van der Waals surface area (Å²) in [6.07, 6.45) is 2.67. The molecule has 0 atom stereocenters. The van der Waals surface area contributed by atoms with Crippen LogP contribution in [0.15, 0.2) is 42.7 Å². The van der Waals surface area contributed by atoms with Crippen LogP contribution < -0.4 is 0 Å². The smallest absolute Gasteiger partial charge is 0.268 e. The second-order valence-electron chi connectivity index (χ2n) is 6.03. The van der Waals surface area contributed by atoms with E-state index in [0.717, 1.165) is 33.1 Å². The maximum atomic E-state index is 13.6. The molecule has 0 N–H and O–H groups in total. The third kappa shape index (κ3) is 2.45. The van der Waals surface area contributed by atoms with Gasteiger partial charge in [0.1, 0.15) is 11.5 Å². The molecule has 25 heavy (non-hydrogen) atoms. The van der Waals surface area contributed by atoms with Crippen LogP contribution in [0.4, 0.5) is 13.2 Å². The highest BCUT2D eigenvalue weighted by Gasteiger charge is 2.19. The van der Waals surface area contributed by atoms with E-state index in [2.05, 4.69) is 9.97 Å². The Labute approximate surface area is 141 Å². The number of benzene rings is 1. The highest BCUT2D eigenvalue weighted by Crippen LogP contribution is 2.34. The zero-order valence-corrected chi connectivity index (χ0v) is 13.6. The van der Waals surface area contributed by atoms with Crippen molar-refractivity contribution >= 4 is 21.9 Å². The average molecular weight is 341 g/mol. The second kappa shape index (κ2) is 5.58. The van der Waals surface area contributed by atoms with Crippen LogP contribution in [0.25, 0.3) is 33.1 Å². The van der Waals surface area contributed by atoms with E-state index in [0.29, 0.717) is 16.3 Å². The van der Waals surface area contributed by atoms with E-state index in [1.165, 1.54) is 6.07 Å². The number of aromatic nitrogens is 3. The van der Waals surface area contributed by atoms with E-state index in [4.69, 9.17) is 0 Å². The topological polar surface area (TPSA) is 30.7 Å². The Morgan fingerprint density at radius 3 is 2.44 bits per heavy atom. The average Bonchev–Trinajstić information content (AvgIpc) is 2.90. The maximum Gasteiger partial charge on any atom is 0.320 e. The van der Waals surface area contributed by atoms with Gasteiger partial charge < -0.3 is 0 Å². The molecule has 4 aromatic rings. The Morgan fingerprint density at radius 2 is 1.72 bits per heavy atom. The van der Waals surface area contributed by atoms with Crippen molar-refractivity contribution in [1.29, 1.82) is 0 Å². The molecule has 0 saturated heterocycles. The SMILES string of the molecule is Cc1cc(-c2ccc3c4cc(F)cnc4n(C(F)F)c3c2)cnc1C.